The SMILES string of the molecule is COc1cc2nc(Nc3nc4ccc(OCCNC(CO)CO)cc4c(=O)[nH]3)nc(C)c2cc1OC. The van der Waals surface area contributed by atoms with Crippen LogP contribution in [-0.2, 0) is 0 Å². The summed E-state index contributed by atoms with van der Waals surface area (Å²) in [5.74, 6) is 2.09. The molecule has 0 amide bonds. The number of methoxy groups -OCH3 is 2. The van der Waals surface area contributed by atoms with Gasteiger partial charge in [0.05, 0.1) is 55.6 Å². The third-order valence-electron chi connectivity index (χ3n) is 5.54. The van der Waals surface area contributed by atoms with Crippen molar-refractivity contribution in [1.29, 1.82) is 0 Å². The molecule has 0 saturated heterocycles. The van der Waals surface area contributed by atoms with Gasteiger partial charge >= 0.3 is 0 Å². The Morgan fingerprint density at radius 2 is 1.72 bits per heavy atom. The number of ether oxygens (including phenoxy) is 3. The normalized spacial score (nSPS) is 11.3. The van der Waals surface area contributed by atoms with E-state index in [1.54, 1.807) is 38.5 Å². The highest BCUT2D eigenvalue weighted by Gasteiger charge is 2.13. The van der Waals surface area contributed by atoms with E-state index < -0.39 is 6.04 Å². The number of fused-ring (bicyclic) bond motifs is 2. The standard InChI is InChI=1S/C24H28N6O6/c1-13-16-9-20(34-2)21(35-3)10-19(16)28-23(26-13)30-24-27-18-5-4-15(8-17(18)22(33)29-24)36-7-6-25-14(11-31)12-32/h4-5,8-10,14,25,31-32H,6-7,11-12H2,1-3H3,(H2,26,27,28,29,30,33). The van der Waals surface area contributed by atoms with Gasteiger partial charge in [0.2, 0.25) is 11.9 Å². The van der Waals surface area contributed by atoms with Crippen LogP contribution in [0.2, 0.25) is 0 Å². The van der Waals surface area contributed by atoms with Gasteiger partial charge in [-0.25, -0.2) is 15.0 Å². The second-order valence-corrected chi connectivity index (χ2v) is 7.94. The molecule has 5 N–H and O–H groups in total. The average molecular weight is 497 g/mol. The zero-order chi connectivity index (χ0) is 25.7. The zero-order valence-corrected chi connectivity index (χ0v) is 20.2. The van der Waals surface area contributed by atoms with Crippen molar-refractivity contribution in [3.63, 3.8) is 0 Å². The fraction of sp³-hybridized carbons (Fsp3) is 0.333. The van der Waals surface area contributed by atoms with Crippen molar-refractivity contribution in [3.05, 3.63) is 46.4 Å². The van der Waals surface area contributed by atoms with Crippen molar-refractivity contribution in [2.24, 2.45) is 0 Å². The van der Waals surface area contributed by atoms with Gasteiger partial charge in [0.1, 0.15) is 12.4 Å². The first-order valence-corrected chi connectivity index (χ1v) is 11.2. The van der Waals surface area contributed by atoms with Gasteiger partial charge in [-0.05, 0) is 31.2 Å². The number of hydrogen-bond donors (Lipinski definition) is 5. The Morgan fingerprint density at radius 1 is 0.972 bits per heavy atom. The van der Waals surface area contributed by atoms with Crippen LogP contribution in [0.15, 0.2) is 35.1 Å². The minimum atomic E-state index is -0.400. The fourth-order valence-corrected chi connectivity index (χ4v) is 3.66. The molecular formula is C24H28N6O6. The largest absolute Gasteiger partial charge is 0.493 e. The second kappa shape index (κ2) is 11.2. The van der Waals surface area contributed by atoms with E-state index in [0.29, 0.717) is 52.5 Å². The Morgan fingerprint density at radius 3 is 2.44 bits per heavy atom. The highest BCUT2D eigenvalue weighted by atomic mass is 16.5. The number of aryl methyl sites for hydroxylation is 1. The van der Waals surface area contributed by atoms with Gasteiger partial charge < -0.3 is 29.7 Å². The quantitative estimate of drug-likeness (QED) is 0.190. The van der Waals surface area contributed by atoms with Gasteiger partial charge in [-0.2, -0.15) is 0 Å². The summed E-state index contributed by atoms with van der Waals surface area (Å²) in [6, 6.07) is 8.18. The van der Waals surface area contributed by atoms with Crippen LogP contribution in [0.25, 0.3) is 21.8 Å². The summed E-state index contributed by atoms with van der Waals surface area (Å²) >= 11 is 0. The molecule has 0 radical (unpaired) electrons. The fourth-order valence-electron chi connectivity index (χ4n) is 3.66. The zero-order valence-electron chi connectivity index (χ0n) is 20.2. The summed E-state index contributed by atoms with van der Waals surface area (Å²) in [6.45, 7) is 2.23. The Kier molecular flexibility index (Phi) is 7.78. The summed E-state index contributed by atoms with van der Waals surface area (Å²) in [6.07, 6.45) is 0. The van der Waals surface area contributed by atoms with Crippen molar-refractivity contribution < 1.29 is 24.4 Å². The lowest BCUT2D eigenvalue weighted by molar-refractivity contribution is 0.166. The number of benzene rings is 2. The van der Waals surface area contributed by atoms with Crippen LogP contribution >= 0.6 is 0 Å². The van der Waals surface area contributed by atoms with Crippen LogP contribution in [-0.4, -0.2) is 76.8 Å². The van der Waals surface area contributed by atoms with E-state index in [0.717, 1.165) is 5.39 Å². The first-order chi connectivity index (χ1) is 17.4. The van der Waals surface area contributed by atoms with Crippen LogP contribution in [0.3, 0.4) is 0 Å². The number of rotatable bonds is 11. The molecule has 2 aromatic heterocycles. The summed E-state index contributed by atoms with van der Waals surface area (Å²) in [4.78, 5) is 28.9. The molecule has 36 heavy (non-hydrogen) atoms. The minimum absolute atomic E-state index is 0.170. The van der Waals surface area contributed by atoms with Crippen LogP contribution < -0.4 is 30.4 Å². The highest BCUT2D eigenvalue weighted by Crippen LogP contribution is 2.33. The maximum atomic E-state index is 12.7. The van der Waals surface area contributed by atoms with E-state index in [1.807, 2.05) is 13.0 Å². The highest BCUT2D eigenvalue weighted by molar-refractivity contribution is 5.86. The van der Waals surface area contributed by atoms with Gasteiger partial charge in [-0.1, -0.05) is 0 Å². The smallest absolute Gasteiger partial charge is 0.260 e. The first kappa shape index (κ1) is 25.1. The molecule has 12 nitrogen and oxygen atoms in total. The van der Waals surface area contributed by atoms with Gasteiger partial charge in [0.25, 0.3) is 5.56 Å². The number of aliphatic hydroxyl groups excluding tert-OH is 2. The summed E-state index contributed by atoms with van der Waals surface area (Å²) in [5.41, 5.74) is 1.48. The van der Waals surface area contributed by atoms with Crippen molar-refractivity contribution in [3.8, 4) is 17.2 Å². The lowest BCUT2D eigenvalue weighted by atomic mass is 10.1. The number of anilines is 2. The van der Waals surface area contributed by atoms with Crippen molar-refractivity contribution in [1.82, 2.24) is 25.3 Å². The van der Waals surface area contributed by atoms with E-state index in [2.05, 4.69) is 30.6 Å². The molecule has 2 heterocycles. The van der Waals surface area contributed by atoms with E-state index in [-0.39, 0.29) is 30.7 Å². The molecule has 190 valence electrons. The molecule has 0 fully saturated rings. The number of nitrogens with one attached hydrogen (secondary N) is 3. The molecule has 0 spiro atoms. The molecular weight excluding hydrogens is 468 g/mol. The van der Waals surface area contributed by atoms with Crippen LogP contribution in [0.1, 0.15) is 5.69 Å². The van der Waals surface area contributed by atoms with Gasteiger partial charge in [0, 0.05) is 18.0 Å². The predicted molar refractivity (Wildman–Crippen MR) is 134 cm³/mol. The van der Waals surface area contributed by atoms with E-state index in [4.69, 9.17) is 24.4 Å². The summed E-state index contributed by atoms with van der Waals surface area (Å²) < 4.78 is 16.4. The third kappa shape index (κ3) is 5.46. The summed E-state index contributed by atoms with van der Waals surface area (Å²) in [5, 5.41) is 25.3. The molecule has 4 aromatic rings. The minimum Gasteiger partial charge on any atom is -0.493 e. The number of H-pyrrole nitrogens is 1. The topological polar surface area (TPSA) is 164 Å². The van der Waals surface area contributed by atoms with Gasteiger partial charge in [-0.15, -0.1) is 0 Å². The average Bonchev–Trinajstić information content (AvgIpc) is 2.88. The second-order valence-electron chi connectivity index (χ2n) is 7.94. The number of nitrogens with zero attached hydrogens (tertiary/aromatic N) is 3. The Bertz CT molecular complexity index is 1420. The molecule has 0 bridgehead atoms. The molecule has 12 heteroatoms. The molecule has 0 aliphatic carbocycles. The van der Waals surface area contributed by atoms with Gasteiger partial charge in [0.15, 0.2) is 11.5 Å². The third-order valence-corrected chi connectivity index (χ3v) is 5.54. The Balaban J connectivity index is 1.53. The van der Waals surface area contributed by atoms with E-state index >= 15 is 0 Å². The first-order valence-electron chi connectivity index (χ1n) is 11.2. The van der Waals surface area contributed by atoms with Crippen LogP contribution in [0, 0.1) is 6.92 Å². The summed E-state index contributed by atoms with van der Waals surface area (Å²) in [7, 11) is 3.12. The molecule has 4 rings (SSSR count). The Hall–Kier alpha value is -4.00. The maximum Gasteiger partial charge on any atom is 0.260 e. The van der Waals surface area contributed by atoms with Crippen molar-refractivity contribution in [2.75, 3.05) is 45.9 Å². The maximum absolute atomic E-state index is 12.7. The van der Waals surface area contributed by atoms with E-state index in [9.17, 15) is 4.79 Å². The number of hydrogen-bond acceptors (Lipinski definition) is 11. The van der Waals surface area contributed by atoms with Crippen molar-refractivity contribution >= 4 is 33.7 Å². The lowest BCUT2D eigenvalue weighted by Crippen LogP contribution is -2.38. The number of aliphatic hydroxyl groups is 2. The molecule has 0 atom stereocenters. The lowest BCUT2D eigenvalue weighted by Gasteiger charge is -2.14. The number of aromatic nitrogens is 4. The van der Waals surface area contributed by atoms with Crippen molar-refractivity contribution in [2.45, 2.75) is 13.0 Å². The molecule has 0 aliphatic heterocycles. The predicted octanol–water partition coefficient (Wildman–Crippen LogP) is 1.26. The van der Waals surface area contributed by atoms with Crippen LogP contribution in [0.5, 0.6) is 17.2 Å². The number of aromatic amines is 1. The van der Waals surface area contributed by atoms with Gasteiger partial charge in [-0.3, -0.25) is 15.1 Å². The molecule has 2 aromatic carbocycles. The van der Waals surface area contributed by atoms with Crippen LogP contribution in [0.4, 0.5) is 11.9 Å². The van der Waals surface area contributed by atoms with E-state index in [1.165, 1.54) is 0 Å². The molecule has 0 unspecified atom stereocenters. The Labute approximate surface area is 206 Å². The monoisotopic (exact) mass is 496 g/mol. The molecule has 0 saturated carbocycles. The molecule has 0 aliphatic rings.